The van der Waals surface area contributed by atoms with Crippen molar-refractivity contribution in [1.82, 2.24) is 14.7 Å². The molecule has 3 rings (SSSR count). The van der Waals surface area contributed by atoms with E-state index in [1.165, 1.54) is 0 Å². The average Bonchev–Trinajstić information content (AvgIpc) is 2.68. The summed E-state index contributed by atoms with van der Waals surface area (Å²) in [5.74, 6) is 0.563. The van der Waals surface area contributed by atoms with Gasteiger partial charge in [-0.05, 0) is 24.9 Å². The first kappa shape index (κ1) is 17.9. The molecular weight excluding hydrogens is 314 g/mol. The number of piperazine rings is 1. The van der Waals surface area contributed by atoms with Crippen LogP contribution in [0.4, 0.5) is 0 Å². The van der Waals surface area contributed by atoms with E-state index < -0.39 is 0 Å². The predicted molar refractivity (Wildman–Crippen MR) is 98.1 cm³/mol. The fraction of sp³-hybridized carbons (Fsp3) is 0.600. The number of hydrogen-bond acceptors (Lipinski definition) is 3. The van der Waals surface area contributed by atoms with Crippen molar-refractivity contribution in [2.75, 3.05) is 45.8 Å². The normalized spacial score (nSPS) is 19.9. The molecule has 2 fully saturated rings. The van der Waals surface area contributed by atoms with Gasteiger partial charge < -0.3 is 14.7 Å². The van der Waals surface area contributed by atoms with E-state index in [4.69, 9.17) is 0 Å². The third-order valence-corrected chi connectivity index (χ3v) is 5.53. The van der Waals surface area contributed by atoms with E-state index in [0.717, 1.165) is 51.1 Å². The number of rotatable bonds is 4. The van der Waals surface area contributed by atoms with Gasteiger partial charge >= 0.3 is 0 Å². The summed E-state index contributed by atoms with van der Waals surface area (Å²) in [6.45, 7) is 8.30. The van der Waals surface area contributed by atoms with Gasteiger partial charge in [0.15, 0.2) is 0 Å². The van der Waals surface area contributed by atoms with Crippen molar-refractivity contribution in [3.05, 3.63) is 35.9 Å². The maximum absolute atomic E-state index is 12.7. The van der Waals surface area contributed by atoms with Crippen LogP contribution in [0.2, 0.25) is 0 Å². The van der Waals surface area contributed by atoms with Crippen LogP contribution in [0.15, 0.2) is 30.3 Å². The molecule has 2 aliphatic heterocycles. The molecule has 0 aromatic heterocycles. The monoisotopic (exact) mass is 343 g/mol. The number of carbonyl (C=O) groups excluding carboxylic acids is 2. The minimum atomic E-state index is 0.0916. The van der Waals surface area contributed by atoms with E-state index in [1.54, 1.807) is 0 Å². The van der Waals surface area contributed by atoms with Gasteiger partial charge in [0.2, 0.25) is 11.8 Å². The van der Waals surface area contributed by atoms with Crippen molar-refractivity contribution in [2.24, 2.45) is 5.92 Å². The molecule has 2 aliphatic rings. The highest BCUT2D eigenvalue weighted by molar-refractivity contribution is 5.81. The fourth-order valence-electron chi connectivity index (χ4n) is 3.80. The van der Waals surface area contributed by atoms with E-state index in [-0.39, 0.29) is 11.8 Å². The summed E-state index contributed by atoms with van der Waals surface area (Å²) >= 11 is 0. The third-order valence-electron chi connectivity index (χ3n) is 5.53. The number of nitrogens with zero attached hydrogens (tertiary/aromatic N) is 3. The Morgan fingerprint density at radius 3 is 2.16 bits per heavy atom. The second-order valence-corrected chi connectivity index (χ2v) is 7.08. The third kappa shape index (κ3) is 4.60. The van der Waals surface area contributed by atoms with Gasteiger partial charge in [-0.1, -0.05) is 37.3 Å². The summed E-state index contributed by atoms with van der Waals surface area (Å²) in [6.07, 6.45) is 2.05. The molecule has 5 nitrogen and oxygen atoms in total. The van der Waals surface area contributed by atoms with Gasteiger partial charge in [0, 0.05) is 45.2 Å². The lowest BCUT2D eigenvalue weighted by molar-refractivity contribution is -0.141. The van der Waals surface area contributed by atoms with Gasteiger partial charge in [0.1, 0.15) is 0 Å². The Kier molecular flexibility index (Phi) is 6.08. The second-order valence-electron chi connectivity index (χ2n) is 7.08. The molecular formula is C20H29N3O2. The first-order valence-electron chi connectivity index (χ1n) is 9.50. The molecule has 0 unspecified atom stereocenters. The van der Waals surface area contributed by atoms with Crippen molar-refractivity contribution in [2.45, 2.75) is 26.2 Å². The van der Waals surface area contributed by atoms with Crippen molar-refractivity contribution in [3.63, 3.8) is 0 Å². The zero-order valence-electron chi connectivity index (χ0n) is 15.2. The molecule has 2 heterocycles. The number of likely N-dealkylation sites (N-methyl/N-ethyl adjacent to an activating group) is 1. The molecule has 0 aliphatic carbocycles. The van der Waals surface area contributed by atoms with Crippen LogP contribution in [0.5, 0.6) is 0 Å². The van der Waals surface area contributed by atoms with Gasteiger partial charge in [0.05, 0.1) is 6.42 Å². The minimum absolute atomic E-state index is 0.0916. The summed E-state index contributed by atoms with van der Waals surface area (Å²) in [6, 6.07) is 9.87. The maximum Gasteiger partial charge on any atom is 0.226 e. The molecule has 1 aromatic carbocycles. The topological polar surface area (TPSA) is 43.9 Å². The van der Waals surface area contributed by atoms with Crippen molar-refractivity contribution < 1.29 is 9.59 Å². The van der Waals surface area contributed by atoms with Crippen LogP contribution in [-0.2, 0) is 16.0 Å². The molecule has 0 atom stereocenters. The highest BCUT2D eigenvalue weighted by Crippen LogP contribution is 2.21. The predicted octanol–water partition coefficient (Wildman–Crippen LogP) is 1.63. The summed E-state index contributed by atoms with van der Waals surface area (Å²) in [7, 11) is 0. The number of piperidine rings is 1. The smallest absolute Gasteiger partial charge is 0.226 e. The van der Waals surface area contributed by atoms with Crippen molar-refractivity contribution in [1.29, 1.82) is 0 Å². The summed E-state index contributed by atoms with van der Waals surface area (Å²) < 4.78 is 0. The van der Waals surface area contributed by atoms with Gasteiger partial charge in [0.25, 0.3) is 0 Å². The Labute approximate surface area is 150 Å². The second kappa shape index (κ2) is 8.48. The zero-order valence-corrected chi connectivity index (χ0v) is 15.2. The molecule has 0 saturated carbocycles. The Bertz CT molecular complexity index is 574. The molecule has 136 valence electrons. The number of benzene rings is 1. The van der Waals surface area contributed by atoms with Crippen LogP contribution in [0, 0.1) is 5.92 Å². The fourth-order valence-corrected chi connectivity index (χ4v) is 3.80. The molecule has 2 saturated heterocycles. The molecule has 0 bridgehead atoms. The Balaban J connectivity index is 1.45. The van der Waals surface area contributed by atoms with Gasteiger partial charge in [-0.25, -0.2) is 0 Å². The first-order valence-corrected chi connectivity index (χ1v) is 9.50. The minimum Gasteiger partial charge on any atom is -0.342 e. The molecule has 1 aromatic rings. The van der Waals surface area contributed by atoms with E-state index in [2.05, 4.69) is 11.8 Å². The van der Waals surface area contributed by atoms with Crippen LogP contribution >= 0.6 is 0 Å². The highest BCUT2D eigenvalue weighted by Gasteiger charge is 2.31. The Hall–Kier alpha value is -1.88. The number of hydrogen-bond donors (Lipinski definition) is 0. The lowest BCUT2D eigenvalue weighted by atomic mass is 9.94. The van der Waals surface area contributed by atoms with E-state index in [1.807, 2.05) is 40.1 Å². The molecule has 5 heteroatoms. The molecule has 25 heavy (non-hydrogen) atoms. The van der Waals surface area contributed by atoms with E-state index >= 15 is 0 Å². The Morgan fingerprint density at radius 2 is 1.56 bits per heavy atom. The van der Waals surface area contributed by atoms with Crippen LogP contribution < -0.4 is 0 Å². The lowest BCUT2D eigenvalue weighted by Gasteiger charge is -2.38. The summed E-state index contributed by atoms with van der Waals surface area (Å²) in [4.78, 5) is 31.5. The number of likely N-dealkylation sites (tertiary alicyclic amines) is 1. The van der Waals surface area contributed by atoms with Crippen molar-refractivity contribution >= 4 is 11.8 Å². The number of carbonyl (C=O) groups is 2. The van der Waals surface area contributed by atoms with Crippen LogP contribution in [-0.4, -0.2) is 72.3 Å². The summed E-state index contributed by atoms with van der Waals surface area (Å²) in [5.41, 5.74) is 1.06. The van der Waals surface area contributed by atoms with Gasteiger partial charge in [-0.2, -0.15) is 0 Å². The molecule has 0 N–H and O–H groups in total. The standard InChI is InChI=1S/C20H29N3O2/c1-2-21-12-14-23(15-13-21)20(25)18-8-10-22(11-9-18)19(24)16-17-6-4-3-5-7-17/h3-7,18H,2,8-16H2,1H3. The SMILES string of the molecule is CCN1CCN(C(=O)C2CCN(C(=O)Cc3ccccc3)CC2)CC1. The molecule has 0 radical (unpaired) electrons. The molecule has 2 amide bonds. The number of amides is 2. The average molecular weight is 343 g/mol. The van der Waals surface area contributed by atoms with Gasteiger partial charge in [-0.3, -0.25) is 9.59 Å². The summed E-state index contributed by atoms with van der Waals surface area (Å²) in [5, 5.41) is 0. The van der Waals surface area contributed by atoms with E-state index in [0.29, 0.717) is 25.4 Å². The maximum atomic E-state index is 12.7. The van der Waals surface area contributed by atoms with E-state index in [9.17, 15) is 9.59 Å². The van der Waals surface area contributed by atoms with Crippen LogP contribution in [0.1, 0.15) is 25.3 Å². The lowest BCUT2D eigenvalue weighted by Crippen LogP contribution is -2.51. The quantitative estimate of drug-likeness (QED) is 0.835. The molecule has 0 spiro atoms. The Morgan fingerprint density at radius 1 is 0.920 bits per heavy atom. The van der Waals surface area contributed by atoms with Crippen molar-refractivity contribution in [3.8, 4) is 0 Å². The zero-order chi connectivity index (χ0) is 17.6. The largest absolute Gasteiger partial charge is 0.342 e. The van der Waals surface area contributed by atoms with Crippen LogP contribution in [0.25, 0.3) is 0 Å². The van der Waals surface area contributed by atoms with Gasteiger partial charge in [-0.15, -0.1) is 0 Å². The first-order chi connectivity index (χ1) is 12.2. The van der Waals surface area contributed by atoms with Crippen LogP contribution in [0.3, 0.4) is 0 Å². The highest BCUT2D eigenvalue weighted by atomic mass is 16.2.